The van der Waals surface area contributed by atoms with E-state index in [1.165, 1.54) is 52.5 Å². The molecule has 0 aliphatic heterocycles. The number of fused-ring (bicyclic) bond motifs is 10. The molecule has 0 amide bonds. The predicted octanol–water partition coefficient (Wildman–Crippen LogP) is 14.6. The van der Waals surface area contributed by atoms with E-state index in [9.17, 15) is 0 Å². The van der Waals surface area contributed by atoms with Gasteiger partial charge in [0.15, 0.2) is 17.5 Å². The Morgan fingerprint density at radius 1 is 0.328 bits per heavy atom. The second kappa shape index (κ2) is 13.3. The second-order valence-electron chi connectivity index (χ2n) is 15.6. The smallest absolute Gasteiger partial charge is 0.166 e. The molecule has 9 aromatic carbocycles. The van der Waals surface area contributed by atoms with Crippen LogP contribution in [-0.2, 0) is 0 Å². The lowest BCUT2D eigenvalue weighted by molar-refractivity contribution is 1.07. The van der Waals surface area contributed by atoms with E-state index >= 15 is 0 Å². The molecule has 0 saturated carbocycles. The van der Waals surface area contributed by atoms with Crippen molar-refractivity contribution in [2.45, 2.75) is 0 Å². The van der Waals surface area contributed by atoms with Crippen LogP contribution in [0.2, 0.25) is 0 Å². The third kappa shape index (κ3) is 5.29. The van der Waals surface area contributed by atoms with Crippen molar-refractivity contribution in [2.24, 2.45) is 0 Å². The lowest BCUT2D eigenvalue weighted by Crippen LogP contribution is -2.04. The Hall–Kier alpha value is -7.93. The normalized spacial score (nSPS) is 11.9. The van der Waals surface area contributed by atoms with Crippen LogP contribution >= 0.6 is 11.3 Å². The van der Waals surface area contributed by atoms with E-state index in [-0.39, 0.29) is 0 Å². The third-order valence-electron chi connectivity index (χ3n) is 12.1. The van der Waals surface area contributed by atoms with Crippen molar-refractivity contribution in [3.8, 4) is 45.5 Å². The Morgan fingerprint density at radius 3 is 1.69 bits per heavy atom. The zero-order valence-electron chi connectivity index (χ0n) is 32.7. The fourth-order valence-electron chi connectivity index (χ4n) is 9.35. The number of nitrogens with zero attached hydrogens (tertiary/aromatic N) is 5. The number of rotatable bonds is 5. The summed E-state index contributed by atoms with van der Waals surface area (Å²) >= 11 is 1.82. The molecule has 0 radical (unpaired) electrons. The first kappa shape index (κ1) is 34.0. The number of hydrogen-bond acceptors (Lipinski definition) is 4. The SMILES string of the molecule is c1ccc(-c2nc(-c3ccc4c5ccccc5n(-c5ccccc5)c4c3)nc(-c3cc4c(cc3-n3c5ccccc5c5cc6ccccc6cc53)sc3ccccc34)n2)cc1. The number of thiophene rings is 1. The first-order valence-electron chi connectivity index (χ1n) is 20.5. The monoisotopic (exact) mass is 795 g/mol. The minimum Gasteiger partial charge on any atom is -0.309 e. The van der Waals surface area contributed by atoms with Gasteiger partial charge in [-0.1, -0.05) is 140 Å². The van der Waals surface area contributed by atoms with Crippen LogP contribution in [0, 0.1) is 0 Å². The molecule has 0 fully saturated rings. The van der Waals surface area contributed by atoms with Crippen LogP contribution in [0.5, 0.6) is 0 Å². The first-order valence-corrected chi connectivity index (χ1v) is 21.3. The van der Waals surface area contributed by atoms with E-state index in [2.05, 4.69) is 191 Å². The van der Waals surface area contributed by atoms with Crippen LogP contribution in [0.25, 0.3) is 120 Å². The second-order valence-corrected chi connectivity index (χ2v) is 16.7. The average Bonchev–Trinajstić information content (AvgIpc) is 3.97. The third-order valence-corrected chi connectivity index (χ3v) is 13.3. The van der Waals surface area contributed by atoms with Gasteiger partial charge < -0.3 is 9.13 Å². The van der Waals surface area contributed by atoms with E-state index in [0.717, 1.165) is 50.1 Å². The highest BCUT2D eigenvalue weighted by molar-refractivity contribution is 7.25. The van der Waals surface area contributed by atoms with Gasteiger partial charge in [-0.3, -0.25) is 0 Å². The Labute approximate surface area is 354 Å². The van der Waals surface area contributed by atoms with Crippen molar-refractivity contribution in [3.05, 3.63) is 200 Å². The molecule has 6 heteroatoms. The van der Waals surface area contributed by atoms with Gasteiger partial charge in [-0.15, -0.1) is 11.3 Å². The molecule has 0 aliphatic rings. The largest absolute Gasteiger partial charge is 0.309 e. The highest BCUT2D eigenvalue weighted by Crippen LogP contribution is 2.43. The van der Waals surface area contributed by atoms with E-state index in [4.69, 9.17) is 15.0 Å². The van der Waals surface area contributed by atoms with E-state index in [1.54, 1.807) is 0 Å². The van der Waals surface area contributed by atoms with Crippen molar-refractivity contribution >= 4 is 85.9 Å². The van der Waals surface area contributed by atoms with E-state index in [1.807, 2.05) is 29.5 Å². The van der Waals surface area contributed by atoms with Gasteiger partial charge in [0.25, 0.3) is 0 Å². The highest BCUT2D eigenvalue weighted by atomic mass is 32.1. The van der Waals surface area contributed by atoms with Crippen LogP contribution < -0.4 is 0 Å². The van der Waals surface area contributed by atoms with Gasteiger partial charge in [0.1, 0.15) is 0 Å². The predicted molar refractivity (Wildman–Crippen MR) is 255 cm³/mol. The van der Waals surface area contributed by atoms with Gasteiger partial charge in [-0.2, -0.15) is 0 Å². The lowest BCUT2D eigenvalue weighted by atomic mass is 10.0. The van der Waals surface area contributed by atoms with Crippen LogP contribution in [-0.4, -0.2) is 24.1 Å². The molecule has 13 aromatic rings. The molecule has 61 heavy (non-hydrogen) atoms. The minimum absolute atomic E-state index is 0.616. The molecule has 0 unspecified atom stereocenters. The van der Waals surface area contributed by atoms with E-state index < -0.39 is 0 Å². The topological polar surface area (TPSA) is 48.5 Å². The summed E-state index contributed by atoms with van der Waals surface area (Å²) in [5, 5.41) is 9.61. The molecular weight excluding hydrogens is 763 g/mol. The van der Waals surface area contributed by atoms with Crippen molar-refractivity contribution in [1.29, 1.82) is 0 Å². The summed E-state index contributed by atoms with van der Waals surface area (Å²) in [6, 6.07) is 71.5. The number of hydrogen-bond donors (Lipinski definition) is 0. The van der Waals surface area contributed by atoms with Crippen molar-refractivity contribution in [2.75, 3.05) is 0 Å². The molecule has 5 nitrogen and oxygen atoms in total. The maximum absolute atomic E-state index is 5.47. The Balaban J connectivity index is 1.13. The minimum atomic E-state index is 0.616. The van der Waals surface area contributed by atoms with Gasteiger partial charge in [0, 0.05) is 64.1 Å². The molecule has 0 atom stereocenters. The standard InChI is InChI=1S/C55H33N5S/c1-3-15-34(16-4-1)53-56-54(37-27-28-41-39-21-9-12-24-46(39)59(48(41)31-37)38-19-5-2-6-20-38)58-55(57-53)45-32-44-42-23-11-14-26-51(42)61-52(44)33-50(45)60-47-25-13-10-22-40(47)43-29-35-17-7-8-18-36(35)30-49(43)60/h1-33H. The molecule has 0 N–H and O–H groups in total. The van der Waals surface area contributed by atoms with Crippen molar-refractivity contribution < 1.29 is 0 Å². The highest BCUT2D eigenvalue weighted by Gasteiger charge is 2.23. The van der Waals surface area contributed by atoms with Gasteiger partial charge >= 0.3 is 0 Å². The summed E-state index contributed by atoms with van der Waals surface area (Å²) in [5.41, 5.74) is 9.43. The van der Waals surface area contributed by atoms with Crippen molar-refractivity contribution in [3.63, 3.8) is 0 Å². The number of aromatic nitrogens is 5. The van der Waals surface area contributed by atoms with E-state index in [0.29, 0.717) is 17.5 Å². The number of benzene rings is 9. The van der Waals surface area contributed by atoms with Crippen molar-refractivity contribution in [1.82, 2.24) is 24.1 Å². The molecule has 284 valence electrons. The average molecular weight is 796 g/mol. The molecular formula is C55H33N5S. The van der Waals surface area contributed by atoms with Crippen LogP contribution in [0.4, 0.5) is 0 Å². The molecule has 0 saturated heterocycles. The summed E-state index contributed by atoms with van der Waals surface area (Å²) < 4.78 is 7.22. The fraction of sp³-hybridized carbons (Fsp3) is 0. The zero-order chi connectivity index (χ0) is 40.0. The Kier molecular flexibility index (Phi) is 7.41. The maximum Gasteiger partial charge on any atom is 0.166 e. The Morgan fingerprint density at radius 2 is 0.902 bits per heavy atom. The summed E-state index contributed by atoms with van der Waals surface area (Å²) in [7, 11) is 0. The molecule has 13 rings (SSSR count). The molecule has 0 bridgehead atoms. The number of para-hydroxylation sites is 3. The van der Waals surface area contributed by atoms with Crippen LogP contribution in [0.3, 0.4) is 0 Å². The summed E-state index contributed by atoms with van der Waals surface area (Å²) in [4.78, 5) is 16.1. The van der Waals surface area contributed by atoms with Gasteiger partial charge in [-0.25, -0.2) is 15.0 Å². The molecule has 4 heterocycles. The maximum atomic E-state index is 5.47. The lowest BCUT2D eigenvalue weighted by Gasteiger charge is -2.16. The molecule has 4 aromatic heterocycles. The van der Waals surface area contributed by atoms with Gasteiger partial charge in [0.2, 0.25) is 0 Å². The van der Waals surface area contributed by atoms with Gasteiger partial charge in [0.05, 0.1) is 27.8 Å². The van der Waals surface area contributed by atoms with Gasteiger partial charge in [-0.05, 0) is 71.4 Å². The summed E-state index contributed by atoms with van der Waals surface area (Å²) in [6.45, 7) is 0. The molecule has 0 aliphatic carbocycles. The quantitative estimate of drug-likeness (QED) is 0.174. The Bertz CT molecular complexity index is 3880. The zero-order valence-corrected chi connectivity index (χ0v) is 33.5. The first-order chi connectivity index (χ1) is 30.2. The van der Waals surface area contributed by atoms with Crippen LogP contribution in [0.15, 0.2) is 200 Å². The summed E-state index contributed by atoms with van der Waals surface area (Å²) in [5.74, 6) is 1.86. The molecule has 0 spiro atoms. The fourth-order valence-corrected chi connectivity index (χ4v) is 10.5. The van der Waals surface area contributed by atoms with Crippen LogP contribution in [0.1, 0.15) is 0 Å². The summed E-state index contributed by atoms with van der Waals surface area (Å²) in [6.07, 6.45) is 0.